The molecule has 32 heavy (non-hydrogen) atoms. The number of fused-ring (bicyclic) bond motifs is 1. The van der Waals surface area contributed by atoms with Crippen LogP contribution in [-0.4, -0.2) is 60.2 Å². The molecule has 0 spiro atoms. The lowest BCUT2D eigenvalue weighted by Crippen LogP contribution is -2.49. The standard InChI is InChI=1S/C23H26N6O2S/c1-2-16-13-24-20(25-14-16)17-6-10-29(11-7-17)22-26-18-5-3-12-32(31)19(18)21(27-22)28-23(15-30)8-4-9-23/h1,6,13-14,30H,3-5,7-12,15H2,(H,26,27,28)/t32-/m1/s1. The molecule has 2 N–H and O–H groups in total. The Hall–Kier alpha value is -2.83. The summed E-state index contributed by atoms with van der Waals surface area (Å²) in [6, 6.07) is 0. The first-order valence-electron chi connectivity index (χ1n) is 11.0. The van der Waals surface area contributed by atoms with E-state index in [2.05, 4.69) is 32.2 Å². The third-order valence-electron chi connectivity index (χ3n) is 6.49. The van der Waals surface area contributed by atoms with Crippen LogP contribution in [0.5, 0.6) is 0 Å². The van der Waals surface area contributed by atoms with Gasteiger partial charge in [0.2, 0.25) is 5.95 Å². The van der Waals surface area contributed by atoms with E-state index in [9.17, 15) is 9.32 Å². The smallest absolute Gasteiger partial charge is 0.227 e. The molecule has 1 saturated carbocycles. The first-order valence-corrected chi connectivity index (χ1v) is 12.3. The average molecular weight is 451 g/mol. The second kappa shape index (κ2) is 8.60. The molecular weight excluding hydrogens is 424 g/mol. The Morgan fingerprint density at radius 1 is 1.22 bits per heavy atom. The average Bonchev–Trinajstić information content (AvgIpc) is 2.81. The van der Waals surface area contributed by atoms with Gasteiger partial charge in [-0.05, 0) is 44.1 Å². The summed E-state index contributed by atoms with van der Waals surface area (Å²) < 4.78 is 12.8. The van der Waals surface area contributed by atoms with E-state index >= 15 is 0 Å². The molecule has 2 aromatic rings. The lowest BCUT2D eigenvalue weighted by molar-refractivity contribution is 0.143. The van der Waals surface area contributed by atoms with Crippen molar-refractivity contribution in [3.63, 3.8) is 0 Å². The third kappa shape index (κ3) is 3.89. The van der Waals surface area contributed by atoms with Gasteiger partial charge in [0.25, 0.3) is 0 Å². The lowest BCUT2D eigenvalue weighted by Gasteiger charge is -2.42. The fourth-order valence-corrected chi connectivity index (χ4v) is 5.72. The molecule has 0 radical (unpaired) electrons. The number of anilines is 2. The molecule has 1 aliphatic carbocycles. The number of nitrogens with one attached hydrogen (secondary N) is 1. The van der Waals surface area contributed by atoms with Gasteiger partial charge in [0.05, 0.1) is 34.2 Å². The van der Waals surface area contributed by atoms with Crippen LogP contribution in [0.15, 0.2) is 23.4 Å². The van der Waals surface area contributed by atoms with Crippen molar-refractivity contribution in [3.05, 3.63) is 35.6 Å². The molecule has 8 nitrogen and oxygen atoms in total. The van der Waals surface area contributed by atoms with Gasteiger partial charge in [-0.3, -0.25) is 4.21 Å². The molecule has 2 aliphatic heterocycles. The van der Waals surface area contributed by atoms with Crippen molar-refractivity contribution < 1.29 is 9.32 Å². The maximum Gasteiger partial charge on any atom is 0.227 e. The molecule has 0 aromatic carbocycles. The molecule has 1 fully saturated rings. The highest BCUT2D eigenvalue weighted by Crippen LogP contribution is 2.38. The largest absolute Gasteiger partial charge is 0.394 e. The fraction of sp³-hybridized carbons (Fsp3) is 0.478. The zero-order valence-corrected chi connectivity index (χ0v) is 18.7. The van der Waals surface area contributed by atoms with E-state index in [1.165, 1.54) is 0 Å². The van der Waals surface area contributed by atoms with Crippen molar-refractivity contribution in [2.45, 2.75) is 49.0 Å². The summed E-state index contributed by atoms with van der Waals surface area (Å²) in [5.74, 6) is 5.12. The van der Waals surface area contributed by atoms with E-state index in [1.54, 1.807) is 12.4 Å². The van der Waals surface area contributed by atoms with Crippen LogP contribution in [0.1, 0.15) is 49.2 Å². The fourth-order valence-electron chi connectivity index (χ4n) is 4.39. The maximum absolute atomic E-state index is 12.8. The number of aromatic nitrogens is 4. The minimum absolute atomic E-state index is 0.0437. The summed E-state index contributed by atoms with van der Waals surface area (Å²) in [4.78, 5) is 21.2. The second-order valence-corrected chi connectivity index (χ2v) is 10.1. The predicted molar refractivity (Wildman–Crippen MR) is 124 cm³/mol. The molecule has 0 amide bonds. The SMILES string of the molecule is C#Cc1cnc(C2=CCN(c3nc4c(c(NC5(CO)CCC5)n3)[S@](=O)CCC4)CC2)nc1. The maximum atomic E-state index is 12.8. The van der Waals surface area contributed by atoms with Gasteiger partial charge in [-0.15, -0.1) is 6.42 Å². The van der Waals surface area contributed by atoms with Crippen LogP contribution in [0.25, 0.3) is 5.57 Å². The molecule has 9 heteroatoms. The summed E-state index contributed by atoms with van der Waals surface area (Å²) in [5.41, 5.74) is 2.24. The van der Waals surface area contributed by atoms with Crippen LogP contribution in [0.2, 0.25) is 0 Å². The van der Waals surface area contributed by atoms with E-state index < -0.39 is 10.8 Å². The Balaban J connectivity index is 1.42. The number of hydrogen-bond donors (Lipinski definition) is 2. The van der Waals surface area contributed by atoms with E-state index in [-0.39, 0.29) is 12.1 Å². The second-order valence-electron chi connectivity index (χ2n) is 8.58. The third-order valence-corrected chi connectivity index (χ3v) is 8.03. The lowest BCUT2D eigenvalue weighted by atomic mass is 9.77. The van der Waals surface area contributed by atoms with Crippen molar-refractivity contribution in [3.8, 4) is 12.3 Å². The molecule has 1 atom stereocenters. The van der Waals surface area contributed by atoms with Gasteiger partial charge in [0.15, 0.2) is 5.82 Å². The number of rotatable bonds is 5. The van der Waals surface area contributed by atoms with E-state index in [4.69, 9.17) is 16.4 Å². The Morgan fingerprint density at radius 2 is 2.03 bits per heavy atom. The van der Waals surface area contributed by atoms with E-state index in [0.717, 1.165) is 61.2 Å². The van der Waals surface area contributed by atoms with Crippen molar-refractivity contribution in [1.82, 2.24) is 19.9 Å². The van der Waals surface area contributed by atoms with Crippen LogP contribution in [0.4, 0.5) is 11.8 Å². The summed E-state index contributed by atoms with van der Waals surface area (Å²) >= 11 is 0. The number of aliphatic hydroxyl groups excluding tert-OH is 1. The van der Waals surface area contributed by atoms with Crippen molar-refractivity contribution >= 4 is 28.1 Å². The predicted octanol–water partition coefficient (Wildman–Crippen LogP) is 1.92. The van der Waals surface area contributed by atoms with Gasteiger partial charge >= 0.3 is 0 Å². The Labute approximate surface area is 190 Å². The first kappa shape index (κ1) is 21.0. The quantitative estimate of drug-likeness (QED) is 0.666. The number of hydrogen-bond acceptors (Lipinski definition) is 8. The molecule has 3 aliphatic rings. The summed E-state index contributed by atoms with van der Waals surface area (Å²) in [5, 5.41) is 13.4. The Kier molecular flexibility index (Phi) is 5.66. The van der Waals surface area contributed by atoms with Gasteiger partial charge < -0.3 is 15.3 Å². The molecule has 4 heterocycles. The Morgan fingerprint density at radius 3 is 2.66 bits per heavy atom. The summed E-state index contributed by atoms with van der Waals surface area (Å²) in [6.07, 6.45) is 16.1. The monoisotopic (exact) mass is 450 g/mol. The molecular formula is C23H26N6O2S. The van der Waals surface area contributed by atoms with Gasteiger partial charge in [0, 0.05) is 31.2 Å². The van der Waals surface area contributed by atoms with Crippen LogP contribution >= 0.6 is 0 Å². The normalized spacial score (nSPS) is 21.7. The number of aliphatic hydroxyl groups is 1. The minimum atomic E-state index is -1.12. The van der Waals surface area contributed by atoms with Crippen LogP contribution < -0.4 is 10.2 Å². The Bertz CT molecular complexity index is 1120. The van der Waals surface area contributed by atoms with Crippen molar-refractivity contribution in [2.75, 3.05) is 35.7 Å². The molecule has 0 saturated heterocycles. The highest BCUT2D eigenvalue weighted by atomic mass is 32.2. The van der Waals surface area contributed by atoms with Crippen LogP contribution in [0, 0.1) is 12.3 Å². The number of nitrogens with zero attached hydrogens (tertiary/aromatic N) is 5. The van der Waals surface area contributed by atoms with Gasteiger partial charge in [0.1, 0.15) is 10.7 Å². The number of aryl methyl sites for hydroxylation is 1. The first-order chi connectivity index (χ1) is 15.6. The van der Waals surface area contributed by atoms with Gasteiger partial charge in [-0.2, -0.15) is 4.98 Å². The summed E-state index contributed by atoms with van der Waals surface area (Å²) in [6.45, 7) is 1.42. The minimum Gasteiger partial charge on any atom is -0.394 e. The zero-order chi connectivity index (χ0) is 22.1. The van der Waals surface area contributed by atoms with Crippen molar-refractivity contribution in [1.29, 1.82) is 0 Å². The number of terminal acetylenes is 1. The van der Waals surface area contributed by atoms with Crippen LogP contribution in [-0.2, 0) is 17.2 Å². The zero-order valence-electron chi connectivity index (χ0n) is 17.9. The van der Waals surface area contributed by atoms with Gasteiger partial charge in [-0.1, -0.05) is 12.0 Å². The topological polar surface area (TPSA) is 104 Å². The summed E-state index contributed by atoms with van der Waals surface area (Å²) in [7, 11) is -1.12. The van der Waals surface area contributed by atoms with Gasteiger partial charge in [-0.25, -0.2) is 15.0 Å². The molecule has 0 unspecified atom stereocenters. The molecule has 5 rings (SSSR count). The molecule has 0 bridgehead atoms. The van der Waals surface area contributed by atoms with Crippen molar-refractivity contribution in [2.24, 2.45) is 0 Å². The molecule has 166 valence electrons. The van der Waals surface area contributed by atoms with E-state index in [1.807, 2.05) is 0 Å². The van der Waals surface area contributed by atoms with E-state index in [0.29, 0.717) is 35.5 Å². The molecule has 2 aromatic heterocycles. The van der Waals surface area contributed by atoms with Crippen LogP contribution in [0.3, 0.4) is 0 Å². The highest BCUT2D eigenvalue weighted by molar-refractivity contribution is 7.85. The highest BCUT2D eigenvalue weighted by Gasteiger charge is 2.38.